The molecular weight excluding hydrogens is 274 g/mol. The smallest absolute Gasteiger partial charge is 0.243 e. The number of nitrogens with zero attached hydrogens (tertiary/aromatic N) is 1. The third kappa shape index (κ3) is 2.69. The summed E-state index contributed by atoms with van der Waals surface area (Å²) in [6, 6.07) is 6.30. The molecule has 1 heterocycles. The number of hydrogen-bond acceptors (Lipinski definition) is 3. The number of methoxy groups -OCH3 is 1. The summed E-state index contributed by atoms with van der Waals surface area (Å²) in [5.74, 6) is 0. The van der Waals surface area contributed by atoms with Crippen LogP contribution in [0.4, 0.5) is 0 Å². The number of hydrogen-bond donors (Lipinski definition) is 0. The topological polar surface area (TPSA) is 46.6 Å². The molecule has 1 aliphatic rings. The minimum absolute atomic E-state index is 0.0704. The van der Waals surface area contributed by atoms with Crippen LogP contribution < -0.4 is 0 Å². The van der Waals surface area contributed by atoms with E-state index in [0.29, 0.717) is 18.2 Å². The second-order valence-corrected chi connectivity index (χ2v) is 6.65. The van der Waals surface area contributed by atoms with E-state index >= 15 is 0 Å². The lowest BCUT2D eigenvalue weighted by Crippen LogP contribution is -2.38. The molecule has 0 bridgehead atoms. The predicted molar refractivity (Wildman–Crippen MR) is 70.2 cm³/mol. The van der Waals surface area contributed by atoms with Crippen LogP contribution in [-0.2, 0) is 14.8 Å². The summed E-state index contributed by atoms with van der Waals surface area (Å²) in [7, 11) is -1.88. The van der Waals surface area contributed by atoms with Crippen LogP contribution in [0.5, 0.6) is 0 Å². The molecule has 1 unspecified atom stereocenters. The largest absolute Gasteiger partial charge is 0.383 e. The molecule has 100 valence electrons. The lowest BCUT2D eigenvalue weighted by molar-refractivity contribution is 0.149. The van der Waals surface area contributed by atoms with Gasteiger partial charge in [0.2, 0.25) is 10.0 Å². The maximum absolute atomic E-state index is 12.5. The van der Waals surface area contributed by atoms with Gasteiger partial charge in [-0.2, -0.15) is 4.31 Å². The van der Waals surface area contributed by atoms with Crippen molar-refractivity contribution in [2.75, 3.05) is 20.3 Å². The minimum atomic E-state index is -3.46. The summed E-state index contributed by atoms with van der Waals surface area (Å²) in [5, 5.41) is 0.429. The summed E-state index contributed by atoms with van der Waals surface area (Å²) in [6.45, 7) is 0.975. The van der Waals surface area contributed by atoms with Gasteiger partial charge in [0.05, 0.1) is 11.5 Å². The molecule has 4 nitrogen and oxygen atoms in total. The first kappa shape index (κ1) is 13.8. The second kappa shape index (κ2) is 5.57. The molecule has 0 aromatic heterocycles. The first-order valence-electron chi connectivity index (χ1n) is 5.82. The Balaban J connectivity index is 2.30. The standard InChI is InChI=1S/C12H16ClNO3S/c1-17-9-11-5-3-7-14(11)18(15,16)12-6-2-4-10(13)8-12/h2,4,6,8,11H,3,5,7,9H2,1H3. The number of rotatable bonds is 4. The number of benzene rings is 1. The quantitative estimate of drug-likeness (QED) is 0.853. The zero-order valence-electron chi connectivity index (χ0n) is 10.2. The first-order valence-corrected chi connectivity index (χ1v) is 7.64. The molecule has 1 aliphatic heterocycles. The zero-order valence-corrected chi connectivity index (χ0v) is 11.7. The van der Waals surface area contributed by atoms with E-state index < -0.39 is 10.0 Å². The van der Waals surface area contributed by atoms with E-state index in [4.69, 9.17) is 16.3 Å². The van der Waals surface area contributed by atoms with Crippen LogP contribution in [0.3, 0.4) is 0 Å². The van der Waals surface area contributed by atoms with E-state index in [-0.39, 0.29) is 10.9 Å². The fraction of sp³-hybridized carbons (Fsp3) is 0.500. The average molecular weight is 290 g/mol. The van der Waals surface area contributed by atoms with Crippen LogP contribution >= 0.6 is 11.6 Å². The van der Waals surface area contributed by atoms with Gasteiger partial charge in [0.25, 0.3) is 0 Å². The van der Waals surface area contributed by atoms with Gasteiger partial charge in [-0.3, -0.25) is 0 Å². The minimum Gasteiger partial charge on any atom is -0.383 e. The van der Waals surface area contributed by atoms with E-state index in [1.54, 1.807) is 25.3 Å². The molecule has 1 aromatic carbocycles. The molecule has 18 heavy (non-hydrogen) atoms. The van der Waals surface area contributed by atoms with Crippen LogP contribution in [-0.4, -0.2) is 39.0 Å². The SMILES string of the molecule is COCC1CCCN1S(=O)(=O)c1cccc(Cl)c1. The molecule has 0 N–H and O–H groups in total. The van der Waals surface area contributed by atoms with Crippen molar-refractivity contribution in [1.29, 1.82) is 0 Å². The normalized spacial score (nSPS) is 21.3. The third-order valence-corrected chi connectivity index (χ3v) is 5.27. The Morgan fingerprint density at radius 3 is 2.94 bits per heavy atom. The lowest BCUT2D eigenvalue weighted by atomic mass is 10.2. The molecule has 1 saturated heterocycles. The third-order valence-electron chi connectivity index (χ3n) is 3.08. The molecule has 0 spiro atoms. The number of halogens is 1. The van der Waals surface area contributed by atoms with Crippen LogP contribution in [0, 0.1) is 0 Å². The van der Waals surface area contributed by atoms with E-state index in [9.17, 15) is 8.42 Å². The van der Waals surface area contributed by atoms with Gasteiger partial charge >= 0.3 is 0 Å². The van der Waals surface area contributed by atoms with E-state index in [0.717, 1.165) is 12.8 Å². The fourth-order valence-corrected chi connectivity index (χ4v) is 4.23. The van der Waals surface area contributed by atoms with Gasteiger partial charge in [-0.15, -0.1) is 0 Å². The highest BCUT2D eigenvalue weighted by Gasteiger charge is 2.35. The molecule has 1 fully saturated rings. The van der Waals surface area contributed by atoms with E-state index in [1.165, 1.54) is 10.4 Å². The highest BCUT2D eigenvalue weighted by atomic mass is 35.5. The monoisotopic (exact) mass is 289 g/mol. The van der Waals surface area contributed by atoms with Crippen molar-refractivity contribution in [2.45, 2.75) is 23.8 Å². The molecule has 1 aromatic rings. The van der Waals surface area contributed by atoms with Crippen molar-refractivity contribution in [2.24, 2.45) is 0 Å². The second-order valence-electron chi connectivity index (χ2n) is 4.32. The molecule has 0 radical (unpaired) electrons. The Kier molecular flexibility index (Phi) is 4.27. The zero-order chi connectivity index (χ0) is 13.2. The molecule has 1 atom stereocenters. The van der Waals surface area contributed by atoms with Gasteiger partial charge in [0, 0.05) is 24.7 Å². The van der Waals surface area contributed by atoms with Crippen molar-refractivity contribution in [3.8, 4) is 0 Å². The summed E-state index contributed by atoms with van der Waals surface area (Å²) in [4.78, 5) is 0.248. The van der Waals surface area contributed by atoms with Gasteiger partial charge in [-0.05, 0) is 31.0 Å². The Morgan fingerprint density at radius 1 is 1.50 bits per heavy atom. The maximum Gasteiger partial charge on any atom is 0.243 e. The fourth-order valence-electron chi connectivity index (χ4n) is 2.25. The van der Waals surface area contributed by atoms with Crippen molar-refractivity contribution < 1.29 is 13.2 Å². The van der Waals surface area contributed by atoms with Crippen LogP contribution in [0.1, 0.15) is 12.8 Å². The number of sulfonamides is 1. The molecule has 0 amide bonds. The van der Waals surface area contributed by atoms with Gasteiger partial charge in [-0.1, -0.05) is 17.7 Å². The van der Waals surface area contributed by atoms with Gasteiger partial charge in [0.15, 0.2) is 0 Å². The highest BCUT2D eigenvalue weighted by molar-refractivity contribution is 7.89. The molecule has 2 rings (SSSR count). The highest BCUT2D eigenvalue weighted by Crippen LogP contribution is 2.27. The van der Waals surface area contributed by atoms with Crippen LogP contribution in [0.2, 0.25) is 5.02 Å². The average Bonchev–Trinajstić information content (AvgIpc) is 2.78. The predicted octanol–water partition coefficient (Wildman–Crippen LogP) is 2.14. The van der Waals surface area contributed by atoms with E-state index in [1.807, 2.05) is 0 Å². The van der Waals surface area contributed by atoms with Crippen molar-refractivity contribution in [3.05, 3.63) is 29.3 Å². The van der Waals surface area contributed by atoms with Gasteiger partial charge in [-0.25, -0.2) is 8.42 Å². The van der Waals surface area contributed by atoms with Gasteiger partial charge < -0.3 is 4.74 Å². The van der Waals surface area contributed by atoms with Crippen LogP contribution in [0.25, 0.3) is 0 Å². The summed E-state index contributed by atoms with van der Waals surface area (Å²) in [5.41, 5.74) is 0. The summed E-state index contributed by atoms with van der Waals surface area (Å²) >= 11 is 5.85. The van der Waals surface area contributed by atoms with Gasteiger partial charge in [0.1, 0.15) is 0 Å². The Morgan fingerprint density at radius 2 is 2.28 bits per heavy atom. The van der Waals surface area contributed by atoms with Crippen LogP contribution in [0.15, 0.2) is 29.2 Å². The molecule has 0 aliphatic carbocycles. The lowest BCUT2D eigenvalue weighted by Gasteiger charge is -2.23. The van der Waals surface area contributed by atoms with Crippen molar-refractivity contribution in [1.82, 2.24) is 4.31 Å². The Hall–Kier alpha value is -0.620. The molecule has 6 heteroatoms. The van der Waals surface area contributed by atoms with Crippen molar-refractivity contribution in [3.63, 3.8) is 0 Å². The van der Waals surface area contributed by atoms with E-state index in [2.05, 4.69) is 0 Å². The molecule has 0 saturated carbocycles. The first-order chi connectivity index (χ1) is 8.55. The maximum atomic E-state index is 12.5. The summed E-state index contributed by atoms with van der Waals surface area (Å²) < 4.78 is 31.6. The summed E-state index contributed by atoms with van der Waals surface area (Å²) in [6.07, 6.45) is 1.71. The van der Waals surface area contributed by atoms with Crippen molar-refractivity contribution >= 4 is 21.6 Å². The molecular formula is C12H16ClNO3S. The Labute approximate surface area is 113 Å². The Bertz CT molecular complexity index is 518. The number of ether oxygens (including phenoxy) is 1.